The Balaban J connectivity index is 1.81. The standard InChI is InChI=1S/C21H23FN2O4/c1-14(11-15-3-2-4-17(22)13-15)12-19(25)24-18-7-5-16(6-8-18)21(28)23-10-9-20(26)27/h2-8,13-14H,9-12H2,1H3,(H,23,28)(H,24,25)(H,26,27). The summed E-state index contributed by atoms with van der Waals surface area (Å²) in [5, 5.41) is 13.8. The van der Waals surface area contributed by atoms with Gasteiger partial charge in [-0.25, -0.2) is 4.39 Å². The number of hydrogen-bond donors (Lipinski definition) is 3. The lowest BCUT2D eigenvalue weighted by atomic mass is 9.97. The highest BCUT2D eigenvalue weighted by molar-refractivity contribution is 5.96. The molecule has 2 aromatic rings. The number of carboxylic acids is 1. The SMILES string of the molecule is CC(CC(=O)Nc1ccc(C(=O)NCCC(=O)O)cc1)Cc1cccc(F)c1. The van der Waals surface area contributed by atoms with Gasteiger partial charge in [0.15, 0.2) is 0 Å². The molecule has 0 radical (unpaired) electrons. The minimum Gasteiger partial charge on any atom is -0.481 e. The Labute approximate surface area is 162 Å². The third-order valence-corrected chi connectivity index (χ3v) is 4.06. The van der Waals surface area contributed by atoms with Gasteiger partial charge in [0.25, 0.3) is 5.91 Å². The van der Waals surface area contributed by atoms with E-state index in [2.05, 4.69) is 10.6 Å². The predicted molar refractivity (Wildman–Crippen MR) is 104 cm³/mol. The summed E-state index contributed by atoms with van der Waals surface area (Å²) in [6.07, 6.45) is 0.738. The maximum absolute atomic E-state index is 13.2. The van der Waals surface area contributed by atoms with Crippen molar-refractivity contribution in [3.8, 4) is 0 Å². The smallest absolute Gasteiger partial charge is 0.305 e. The van der Waals surface area contributed by atoms with Crippen LogP contribution in [0.1, 0.15) is 35.7 Å². The normalized spacial score (nSPS) is 11.5. The fourth-order valence-electron chi connectivity index (χ4n) is 2.76. The average molecular weight is 386 g/mol. The molecule has 2 amide bonds. The number of halogens is 1. The topological polar surface area (TPSA) is 95.5 Å². The molecule has 1 atom stereocenters. The van der Waals surface area contributed by atoms with Crippen LogP contribution in [0.4, 0.5) is 10.1 Å². The largest absolute Gasteiger partial charge is 0.481 e. The number of carbonyl (C=O) groups excluding carboxylic acids is 2. The van der Waals surface area contributed by atoms with E-state index >= 15 is 0 Å². The number of nitrogens with one attached hydrogen (secondary N) is 2. The molecule has 0 fully saturated rings. The first-order valence-electron chi connectivity index (χ1n) is 8.98. The summed E-state index contributed by atoms with van der Waals surface area (Å²) in [6, 6.07) is 12.7. The van der Waals surface area contributed by atoms with Crippen molar-refractivity contribution in [2.24, 2.45) is 5.92 Å². The highest BCUT2D eigenvalue weighted by Gasteiger charge is 2.12. The zero-order chi connectivity index (χ0) is 20.5. The van der Waals surface area contributed by atoms with Gasteiger partial charge < -0.3 is 15.7 Å². The van der Waals surface area contributed by atoms with Crippen LogP contribution in [0.3, 0.4) is 0 Å². The van der Waals surface area contributed by atoms with Crippen LogP contribution in [-0.4, -0.2) is 29.4 Å². The summed E-state index contributed by atoms with van der Waals surface area (Å²) in [5.74, 6) is -1.77. The second kappa shape index (κ2) is 10.2. The molecule has 0 aliphatic carbocycles. The maximum Gasteiger partial charge on any atom is 0.305 e. The Morgan fingerprint density at radius 3 is 2.46 bits per heavy atom. The first-order chi connectivity index (χ1) is 13.3. The maximum atomic E-state index is 13.2. The molecule has 0 aliphatic heterocycles. The molecule has 28 heavy (non-hydrogen) atoms. The van der Waals surface area contributed by atoms with E-state index in [1.54, 1.807) is 30.3 Å². The first kappa shape index (κ1) is 21.1. The van der Waals surface area contributed by atoms with Gasteiger partial charge >= 0.3 is 5.97 Å². The van der Waals surface area contributed by atoms with Crippen LogP contribution in [-0.2, 0) is 16.0 Å². The molecule has 0 saturated heterocycles. The molecular formula is C21H23FN2O4. The zero-order valence-electron chi connectivity index (χ0n) is 15.6. The van der Waals surface area contributed by atoms with Crippen molar-refractivity contribution in [3.05, 3.63) is 65.5 Å². The highest BCUT2D eigenvalue weighted by atomic mass is 19.1. The van der Waals surface area contributed by atoms with Crippen molar-refractivity contribution in [1.82, 2.24) is 5.32 Å². The summed E-state index contributed by atoms with van der Waals surface area (Å²) in [4.78, 5) is 34.5. The highest BCUT2D eigenvalue weighted by Crippen LogP contribution is 2.15. The summed E-state index contributed by atoms with van der Waals surface area (Å²) in [7, 11) is 0. The fourth-order valence-corrected chi connectivity index (χ4v) is 2.76. The Hall–Kier alpha value is -3.22. The molecule has 0 spiro atoms. The molecule has 0 aromatic heterocycles. The molecule has 0 bridgehead atoms. The Morgan fingerprint density at radius 2 is 1.82 bits per heavy atom. The van der Waals surface area contributed by atoms with Crippen LogP contribution in [0, 0.1) is 11.7 Å². The number of benzene rings is 2. The lowest BCUT2D eigenvalue weighted by molar-refractivity contribution is -0.136. The van der Waals surface area contributed by atoms with Crippen LogP contribution < -0.4 is 10.6 Å². The second-order valence-corrected chi connectivity index (χ2v) is 6.67. The van der Waals surface area contributed by atoms with Gasteiger partial charge in [-0.15, -0.1) is 0 Å². The Morgan fingerprint density at radius 1 is 1.11 bits per heavy atom. The van der Waals surface area contributed by atoms with Gasteiger partial charge in [-0.2, -0.15) is 0 Å². The molecular weight excluding hydrogens is 363 g/mol. The second-order valence-electron chi connectivity index (χ2n) is 6.67. The number of hydrogen-bond acceptors (Lipinski definition) is 3. The van der Waals surface area contributed by atoms with Crippen LogP contribution in [0.5, 0.6) is 0 Å². The first-order valence-corrected chi connectivity index (χ1v) is 8.98. The lowest BCUT2D eigenvalue weighted by Gasteiger charge is -2.12. The van der Waals surface area contributed by atoms with Gasteiger partial charge in [0.1, 0.15) is 5.82 Å². The molecule has 2 rings (SSSR count). The van der Waals surface area contributed by atoms with Crippen molar-refractivity contribution in [2.45, 2.75) is 26.2 Å². The molecule has 0 heterocycles. The van der Waals surface area contributed by atoms with Crippen molar-refractivity contribution < 1.29 is 23.9 Å². The van der Waals surface area contributed by atoms with Gasteiger partial charge in [0.2, 0.25) is 5.91 Å². The lowest BCUT2D eigenvalue weighted by Crippen LogP contribution is -2.26. The van der Waals surface area contributed by atoms with E-state index < -0.39 is 5.97 Å². The van der Waals surface area contributed by atoms with Crippen LogP contribution in [0.2, 0.25) is 0 Å². The van der Waals surface area contributed by atoms with Crippen LogP contribution in [0.25, 0.3) is 0 Å². The third kappa shape index (κ3) is 7.19. The van der Waals surface area contributed by atoms with Crippen molar-refractivity contribution >= 4 is 23.5 Å². The summed E-state index contributed by atoms with van der Waals surface area (Å²) >= 11 is 0. The molecule has 0 aliphatic rings. The minimum atomic E-state index is -0.981. The van der Waals surface area contributed by atoms with Gasteiger partial charge in [-0.05, 0) is 54.3 Å². The number of rotatable bonds is 9. The number of aliphatic carboxylic acids is 1. The minimum absolute atomic E-state index is 0.0427. The van der Waals surface area contributed by atoms with Crippen molar-refractivity contribution in [1.29, 1.82) is 0 Å². The van der Waals surface area contributed by atoms with E-state index in [1.807, 2.05) is 13.0 Å². The fraction of sp³-hybridized carbons (Fsp3) is 0.286. The molecule has 6 nitrogen and oxygen atoms in total. The van der Waals surface area contributed by atoms with E-state index in [0.717, 1.165) is 5.56 Å². The zero-order valence-corrected chi connectivity index (χ0v) is 15.6. The molecule has 2 aromatic carbocycles. The summed E-state index contributed by atoms with van der Waals surface area (Å²) in [6.45, 7) is 1.98. The van der Waals surface area contributed by atoms with Crippen molar-refractivity contribution in [3.63, 3.8) is 0 Å². The molecule has 3 N–H and O–H groups in total. The van der Waals surface area contributed by atoms with Crippen LogP contribution in [0.15, 0.2) is 48.5 Å². The Bertz CT molecular complexity index is 837. The van der Waals surface area contributed by atoms with Crippen molar-refractivity contribution in [2.75, 3.05) is 11.9 Å². The van der Waals surface area contributed by atoms with Gasteiger partial charge in [0.05, 0.1) is 6.42 Å². The van der Waals surface area contributed by atoms with E-state index in [-0.39, 0.29) is 42.9 Å². The molecule has 0 saturated carbocycles. The number of carbonyl (C=O) groups is 3. The van der Waals surface area contributed by atoms with E-state index in [9.17, 15) is 18.8 Å². The van der Waals surface area contributed by atoms with Gasteiger partial charge in [0, 0.05) is 24.2 Å². The monoisotopic (exact) mass is 386 g/mol. The van der Waals surface area contributed by atoms with E-state index in [1.165, 1.54) is 12.1 Å². The molecule has 7 heteroatoms. The Kier molecular flexibility index (Phi) is 7.68. The van der Waals surface area contributed by atoms with Gasteiger partial charge in [-0.3, -0.25) is 14.4 Å². The predicted octanol–water partition coefficient (Wildman–Crippen LogP) is 3.24. The number of anilines is 1. The average Bonchev–Trinajstić information content (AvgIpc) is 2.61. The number of amides is 2. The van der Waals surface area contributed by atoms with Gasteiger partial charge in [-0.1, -0.05) is 19.1 Å². The van der Waals surface area contributed by atoms with E-state index in [4.69, 9.17) is 5.11 Å². The third-order valence-electron chi connectivity index (χ3n) is 4.06. The quantitative estimate of drug-likeness (QED) is 0.617. The number of carboxylic acid groups (broad SMARTS) is 1. The van der Waals surface area contributed by atoms with E-state index in [0.29, 0.717) is 17.7 Å². The molecule has 148 valence electrons. The molecule has 1 unspecified atom stereocenters. The van der Waals surface area contributed by atoms with Crippen LogP contribution >= 0.6 is 0 Å². The summed E-state index contributed by atoms with van der Waals surface area (Å²) < 4.78 is 13.2. The summed E-state index contributed by atoms with van der Waals surface area (Å²) in [5.41, 5.74) is 1.78.